The highest BCUT2D eigenvalue weighted by Gasteiger charge is 2.30. The van der Waals surface area contributed by atoms with E-state index in [1.165, 1.54) is 24.1 Å². The predicted octanol–water partition coefficient (Wildman–Crippen LogP) is 3.06. The van der Waals surface area contributed by atoms with E-state index in [4.69, 9.17) is 4.74 Å². The van der Waals surface area contributed by atoms with E-state index in [1.54, 1.807) is 24.3 Å². The van der Waals surface area contributed by atoms with Crippen molar-refractivity contribution in [1.82, 2.24) is 5.32 Å². The van der Waals surface area contributed by atoms with E-state index in [1.807, 2.05) is 20.8 Å². The zero-order valence-electron chi connectivity index (χ0n) is 19.7. The topological polar surface area (TPSA) is 134 Å². The molecule has 2 aromatic rings. The van der Waals surface area contributed by atoms with Gasteiger partial charge < -0.3 is 10.1 Å². The monoisotopic (exact) mass is 488 g/mol. The number of sulfonamides is 1. The van der Waals surface area contributed by atoms with Crippen LogP contribution in [0.4, 0.5) is 21.9 Å². The first-order valence-corrected chi connectivity index (χ1v) is 12.4. The van der Waals surface area contributed by atoms with Gasteiger partial charge in [-0.05, 0) is 41.8 Å². The van der Waals surface area contributed by atoms with E-state index in [-0.39, 0.29) is 24.4 Å². The molecule has 2 aromatic carbocycles. The second kappa shape index (κ2) is 9.34. The van der Waals surface area contributed by atoms with Gasteiger partial charge in [0.15, 0.2) is 0 Å². The fraction of sp³-hybridized carbons (Fsp3) is 0.348. The maximum Gasteiger partial charge on any atom is 0.328 e. The van der Waals surface area contributed by atoms with Gasteiger partial charge in [0.1, 0.15) is 5.75 Å². The summed E-state index contributed by atoms with van der Waals surface area (Å²) in [6.07, 6.45) is 1.20. The van der Waals surface area contributed by atoms with Crippen LogP contribution in [0.15, 0.2) is 36.4 Å². The third-order valence-corrected chi connectivity index (χ3v) is 5.75. The second-order valence-electron chi connectivity index (χ2n) is 8.98. The molecule has 0 unspecified atom stereocenters. The third-order valence-electron chi connectivity index (χ3n) is 5.14. The number of hydrogen-bond donors (Lipinski definition) is 3. The number of carbonyl (C=O) groups is 3. The van der Waals surface area contributed by atoms with E-state index in [2.05, 4.69) is 15.4 Å². The first-order chi connectivity index (χ1) is 15.8. The normalized spacial score (nSPS) is 14.4. The number of imide groups is 1. The van der Waals surface area contributed by atoms with Crippen LogP contribution in [-0.2, 0) is 20.2 Å². The molecule has 182 valence electrons. The molecule has 3 rings (SSSR count). The smallest absolute Gasteiger partial charge is 0.328 e. The van der Waals surface area contributed by atoms with Crippen LogP contribution in [0.3, 0.4) is 0 Å². The number of anilines is 3. The van der Waals surface area contributed by atoms with Crippen LogP contribution in [0.2, 0.25) is 0 Å². The Hall–Kier alpha value is -3.60. The first-order valence-electron chi connectivity index (χ1n) is 10.5. The fourth-order valence-electron chi connectivity index (χ4n) is 3.56. The van der Waals surface area contributed by atoms with Gasteiger partial charge in [-0.3, -0.25) is 24.5 Å². The molecule has 0 radical (unpaired) electrons. The molecule has 1 aliphatic rings. The van der Waals surface area contributed by atoms with Gasteiger partial charge in [-0.2, -0.15) is 0 Å². The van der Waals surface area contributed by atoms with Crippen molar-refractivity contribution in [2.45, 2.75) is 32.6 Å². The van der Waals surface area contributed by atoms with Crippen LogP contribution in [0.25, 0.3) is 0 Å². The van der Waals surface area contributed by atoms with Crippen molar-refractivity contribution in [3.63, 3.8) is 0 Å². The summed E-state index contributed by atoms with van der Waals surface area (Å²) in [6.45, 7) is 6.08. The van der Waals surface area contributed by atoms with Crippen LogP contribution >= 0.6 is 0 Å². The Morgan fingerprint density at radius 2 is 1.71 bits per heavy atom. The zero-order chi connectivity index (χ0) is 25.3. The number of nitrogens with zero attached hydrogens (tertiary/aromatic N) is 1. The summed E-state index contributed by atoms with van der Waals surface area (Å²) < 4.78 is 30.7. The summed E-state index contributed by atoms with van der Waals surface area (Å²) in [5, 5.41) is 5.07. The summed E-state index contributed by atoms with van der Waals surface area (Å²) in [5.74, 6) is -0.447. The maximum absolute atomic E-state index is 13.3. The number of benzene rings is 2. The lowest BCUT2D eigenvalue weighted by molar-refractivity contribution is -0.120. The summed E-state index contributed by atoms with van der Waals surface area (Å²) in [5.41, 5.74) is 1.78. The molecular formula is C23H28N4O6S. The number of carbonyl (C=O) groups excluding carboxylic acids is 3. The third kappa shape index (κ3) is 5.84. The van der Waals surface area contributed by atoms with E-state index < -0.39 is 27.4 Å². The Kier molecular flexibility index (Phi) is 6.87. The average Bonchev–Trinajstić information content (AvgIpc) is 2.72. The summed E-state index contributed by atoms with van der Waals surface area (Å²) in [6, 6.07) is 8.97. The largest absolute Gasteiger partial charge is 0.496 e. The Morgan fingerprint density at radius 1 is 1.09 bits per heavy atom. The van der Waals surface area contributed by atoms with Crippen molar-refractivity contribution < 1.29 is 27.5 Å². The highest BCUT2D eigenvalue weighted by molar-refractivity contribution is 7.92. The predicted molar refractivity (Wildman–Crippen MR) is 130 cm³/mol. The summed E-state index contributed by atoms with van der Waals surface area (Å²) >= 11 is 0. The highest BCUT2D eigenvalue weighted by Crippen LogP contribution is 2.38. The highest BCUT2D eigenvalue weighted by atomic mass is 32.2. The van der Waals surface area contributed by atoms with Gasteiger partial charge in [0, 0.05) is 35.6 Å². The second-order valence-corrected chi connectivity index (χ2v) is 10.7. The molecule has 3 N–H and O–H groups in total. The number of urea groups is 1. The molecular weight excluding hydrogens is 460 g/mol. The molecule has 4 amide bonds. The molecule has 1 heterocycles. The van der Waals surface area contributed by atoms with Gasteiger partial charge in [0.2, 0.25) is 15.9 Å². The van der Waals surface area contributed by atoms with Gasteiger partial charge in [-0.1, -0.05) is 20.8 Å². The number of rotatable bonds is 6. The average molecular weight is 489 g/mol. The van der Waals surface area contributed by atoms with Gasteiger partial charge in [0.05, 0.1) is 18.9 Å². The molecule has 34 heavy (non-hydrogen) atoms. The Balaban J connectivity index is 1.99. The molecule has 0 aromatic heterocycles. The van der Waals surface area contributed by atoms with Crippen molar-refractivity contribution in [3.05, 3.63) is 47.5 Å². The molecule has 10 nitrogen and oxygen atoms in total. The summed E-state index contributed by atoms with van der Waals surface area (Å²) in [4.78, 5) is 38.7. The van der Waals surface area contributed by atoms with Crippen LogP contribution in [-0.4, -0.2) is 46.2 Å². The van der Waals surface area contributed by atoms with Crippen LogP contribution < -0.4 is 25.0 Å². The molecule has 0 atom stereocenters. The fourth-order valence-corrected chi connectivity index (χ4v) is 4.12. The number of amides is 4. The quantitative estimate of drug-likeness (QED) is 0.572. The molecule has 11 heteroatoms. The van der Waals surface area contributed by atoms with Crippen LogP contribution in [0, 0.1) is 0 Å². The molecule has 0 saturated carbocycles. The number of ether oxygens (including phenoxy) is 1. The number of nitrogens with one attached hydrogen (secondary N) is 3. The van der Waals surface area contributed by atoms with Crippen molar-refractivity contribution in [1.29, 1.82) is 0 Å². The van der Waals surface area contributed by atoms with E-state index in [9.17, 15) is 22.8 Å². The van der Waals surface area contributed by atoms with Gasteiger partial charge in [-0.15, -0.1) is 0 Å². The lowest BCUT2D eigenvalue weighted by atomic mass is 9.84. The summed E-state index contributed by atoms with van der Waals surface area (Å²) in [7, 11) is -1.95. The minimum absolute atomic E-state index is 0.151. The Bertz CT molecular complexity index is 1230. The zero-order valence-corrected chi connectivity index (χ0v) is 20.5. The van der Waals surface area contributed by atoms with Crippen molar-refractivity contribution in [3.8, 4) is 5.75 Å². The number of methoxy groups -OCH3 is 1. The van der Waals surface area contributed by atoms with Crippen molar-refractivity contribution in [2.75, 3.05) is 34.8 Å². The maximum atomic E-state index is 13.3. The molecule has 1 fully saturated rings. The lowest BCUT2D eigenvalue weighted by Crippen LogP contribution is -2.49. The minimum Gasteiger partial charge on any atom is -0.496 e. The standard InChI is InChI=1S/C23H28N4O6S/c1-23(2,3)18-13-16(27-11-10-19(28)25-22(27)30)12-17(20(18)33-4)21(29)24-14-6-8-15(9-7-14)26-34(5,31)32/h6-9,12-13,26H,10-11H2,1-5H3,(H,24,29)(H,25,28,30). The van der Waals surface area contributed by atoms with Crippen LogP contribution in [0.1, 0.15) is 43.1 Å². The van der Waals surface area contributed by atoms with Gasteiger partial charge in [-0.25, -0.2) is 13.2 Å². The van der Waals surface area contributed by atoms with E-state index >= 15 is 0 Å². The van der Waals surface area contributed by atoms with Gasteiger partial charge in [0.25, 0.3) is 5.91 Å². The Morgan fingerprint density at radius 3 is 2.24 bits per heavy atom. The van der Waals surface area contributed by atoms with Crippen LogP contribution in [0.5, 0.6) is 5.75 Å². The molecule has 0 aliphatic carbocycles. The SMILES string of the molecule is COc1c(C(=O)Nc2ccc(NS(C)(=O)=O)cc2)cc(N2CCC(=O)NC2=O)cc1C(C)(C)C. The van der Waals surface area contributed by atoms with E-state index in [0.29, 0.717) is 22.8 Å². The van der Waals surface area contributed by atoms with E-state index in [0.717, 1.165) is 11.8 Å². The first kappa shape index (κ1) is 25.0. The van der Waals surface area contributed by atoms with Crippen molar-refractivity contribution >= 4 is 44.9 Å². The molecule has 1 saturated heterocycles. The molecule has 0 spiro atoms. The number of hydrogen-bond acceptors (Lipinski definition) is 6. The van der Waals surface area contributed by atoms with Crippen molar-refractivity contribution in [2.24, 2.45) is 0 Å². The van der Waals surface area contributed by atoms with Gasteiger partial charge >= 0.3 is 6.03 Å². The molecule has 0 bridgehead atoms. The lowest BCUT2D eigenvalue weighted by Gasteiger charge is -2.30. The Labute approximate surface area is 198 Å². The molecule has 1 aliphatic heterocycles. The minimum atomic E-state index is -3.42.